The molecule has 1 N–H and O–H groups in total. The van der Waals surface area contributed by atoms with Crippen molar-refractivity contribution in [3.63, 3.8) is 0 Å². The fraction of sp³-hybridized carbons (Fsp3) is 0.250. The molecular formula is C16H15ClF2O. The van der Waals surface area contributed by atoms with E-state index in [4.69, 9.17) is 11.6 Å². The number of benzene rings is 2. The molecule has 2 rings (SSSR count). The van der Waals surface area contributed by atoms with Crippen LogP contribution in [0.1, 0.15) is 11.1 Å². The van der Waals surface area contributed by atoms with Crippen LogP contribution >= 0.6 is 11.6 Å². The van der Waals surface area contributed by atoms with E-state index in [1.165, 1.54) is 12.1 Å². The fourth-order valence-electron chi connectivity index (χ4n) is 2.15. The minimum Gasteiger partial charge on any atom is -0.396 e. The molecule has 1 atom stereocenters. The van der Waals surface area contributed by atoms with Gasteiger partial charge in [-0.2, -0.15) is 0 Å². The average Bonchev–Trinajstić information content (AvgIpc) is 2.43. The van der Waals surface area contributed by atoms with Gasteiger partial charge in [0.15, 0.2) is 0 Å². The van der Waals surface area contributed by atoms with Gasteiger partial charge >= 0.3 is 0 Å². The lowest BCUT2D eigenvalue weighted by Crippen LogP contribution is -2.14. The number of hydrogen-bond donors (Lipinski definition) is 1. The zero-order chi connectivity index (χ0) is 14.5. The number of halogens is 3. The molecule has 0 heterocycles. The van der Waals surface area contributed by atoms with Crippen LogP contribution in [0.15, 0.2) is 42.5 Å². The minimum atomic E-state index is -0.593. The lowest BCUT2D eigenvalue weighted by atomic mass is 9.93. The third kappa shape index (κ3) is 4.02. The van der Waals surface area contributed by atoms with E-state index >= 15 is 0 Å². The van der Waals surface area contributed by atoms with E-state index < -0.39 is 11.6 Å². The number of aliphatic hydroxyl groups excluding tert-OH is 1. The quantitative estimate of drug-likeness (QED) is 0.884. The molecule has 2 aromatic carbocycles. The van der Waals surface area contributed by atoms with E-state index in [1.54, 1.807) is 12.1 Å². The van der Waals surface area contributed by atoms with E-state index in [0.717, 1.165) is 11.6 Å². The Morgan fingerprint density at radius 1 is 1.00 bits per heavy atom. The van der Waals surface area contributed by atoms with Crippen molar-refractivity contribution < 1.29 is 13.9 Å². The Kier molecular flexibility index (Phi) is 5.10. The Bertz CT molecular complexity index is 569. The van der Waals surface area contributed by atoms with Gasteiger partial charge < -0.3 is 5.11 Å². The maximum atomic E-state index is 13.6. The van der Waals surface area contributed by atoms with Crippen LogP contribution in [0.5, 0.6) is 0 Å². The third-order valence-corrected chi connectivity index (χ3v) is 3.47. The molecule has 0 amide bonds. The van der Waals surface area contributed by atoms with E-state index in [-0.39, 0.29) is 12.5 Å². The first-order valence-corrected chi connectivity index (χ1v) is 6.75. The van der Waals surface area contributed by atoms with Gasteiger partial charge in [0, 0.05) is 17.7 Å². The van der Waals surface area contributed by atoms with Crippen molar-refractivity contribution in [3.8, 4) is 0 Å². The second-order valence-corrected chi connectivity index (χ2v) is 5.26. The molecule has 0 bridgehead atoms. The first-order valence-electron chi connectivity index (χ1n) is 6.37. The summed E-state index contributed by atoms with van der Waals surface area (Å²) < 4.78 is 26.4. The van der Waals surface area contributed by atoms with Crippen molar-refractivity contribution >= 4 is 11.6 Å². The molecule has 0 radical (unpaired) electrons. The van der Waals surface area contributed by atoms with Crippen LogP contribution in [0.3, 0.4) is 0 Å². The van der Waals surface area contributed by atoms with Gasteiger partial charge in [-0.25, -0.2) is 8.78 Å². The number of rotatable bonds is 5. The van der Waals surface area contributed by atoms with Crippen molar-refractivity contribution in [2.45, 2.75) is 12.8 Å². The van der Waals surface area contributed by atoms with Crippen LogP contribution in [0.4, 0.5) is 8.78 Å². The smallest absolute Gasteiger partial charge is 0.129 e. The molecule has 0 aliphatic heterocycles. The molecule has 106 valence electrons. The van der Waals surface area contributed by atoms with Gasteiger partial charge in [-0.1, -0.05) is 29.8 Å². The molecule has 1 unspecified atom stereocenters. The van der Waals surface area contributed by atoms with Gasteiger partial charge in [0.2, 0.25) is 0 Å². The van der Waals surface area contributed by atoms with Crippen LogP contribution in [0, 0.1) is 17.6 Å². The Morgan fingerprint density at radius 2 is 1.70 bits per heavy atom. The first kappa shape index (κ1) is 14.9. The summed E-state index contributed by atoms with van der Waals surface area (Å²) in [6, 6.07) is 10.8. The summed E-state index contributed by atoms with van der Waals surface area (Å²) >= 11 is 5.81. The zero-order valence-electron chi connectivity index (χ0n) is 10.8. The van der Waals surface area contributed by atoms with Crippen molar-refractivity contribution in [3.05, 3.63) is 70.2 Å². The van der Waals surface area contributed by atoms with E-state index in [1.807, 2.05) is 12.1 Å². The van der Waals surface area contributed by atoms with Gasteiger partial charge in [-0.15, -0.1) is 0 Å². The van der Waals surface area contributed by atoms with Crippen LogP contribution < -0.4 is 0 Å². The Morgan fingerprint density at radius 3 is 2.30 bits per heavy atom. The van der Waals surface area contributed by atoms with Crippen molar-refractivity contribution in [2.75, 3.05) is 6.61 Å². The highest BCUT2D eigenvalue weighted by atomic mass is 35.5. The molecular weight excluding hydrogens is 282 g/mol. The van der Waals surface area contributed by atoms with Gasteiger partial charge in [0.1, 0.15) is 11.6 Å². The van der Waals surface area contributed by atoms with Crippen molar-refractivity contribution in [2.24, 2.45) is 5.92 Å². The zero-order valence-corrected chi connectivity index (χ0v) is 11.6. The van der Waals surface area contributed by atoms with Gasteiger partial charge in [0.05, 0.1) is 0 Å². The standard InChI is InChI=1S/C16H15ClF2O/c17-14-4-1-11(2-5-14)7-12(10-20)8-13-3-6-15(18)9-16(13)19/h1-6,9,12,20H,7-8,10H2. The molecule has 2 aromatic rings. The fourth-order valence-corrected chi connectivity index (χ4v) is 2.28. The summed E-state index contributed by atoms with van der Waals surface area (Å²) in [6.07, 6.45) is 0.982. The second-order valence-electron chi connectivity index (χ2n) is 4.82. The monoisotopic (exact) mass is 296 g/mol. The maximum Gasteiger partial charge on any atom is 0.129 e. The molecule has 0 spiro atoms. The second kappa shape index (κ2) is 6.82. The largest absolute Gasteiger partial charge is 0.396 e. The van der Waals surface area contributed by atoms with Crippen molar-refractivity contribution in [1.82, 2.24) is 0 Å². The van der Waals surface area contributed by atoms with E-state index in [2.05, 4.69) is 0 Å². The maximum absolute atomic E-state index is 13.6. The molecule has 0 aliphatic carbocycles. The topological polar surface area (TPSA) is 20.2 Å². The third-order valence-electron chi connectivity index (χ3n) is 3.22. The predicted octanol–water partition coefficient (Wildman–Crippen LogP) is 4.01. The first-order chi connectivity index (χ1) is 9.58. The molecule has 0 aliphatic rings. The van der Waals surface area contributed by atoms with Crippen LogP contribution in [-0.4, -0.2) is 11.7 Å². The molecule has 0 saturated heterocycles. The Balaban J connectivity index is 2.07. The van der Waals surface area contributed by atoms with Gasteiger partial charge in [0.25, 0.3) is 0 Å². The number of hydrogen-bond acceptors (Lipinski definition) is 1. The lowest BCUT2D eigenvalue weighted by Gasteiger charge is -2.15. The van der Waals surface area contributed by atoms with Gasteiger partial charge in [-0.05, 0) is 48.1 Å². The summed E-state index contributed by atoms with van der Waals surface area (Å²) in [5.41, 5.74) is 1.44. The average molecular weight is 297 g/mol. The Labute approximate surface area is 121 Å². The van der Waals surface area contributed by atoms with Crippen LogP contribution in [0.25, 0.3) is 0 Å². The molecule has 0 saturated carbocycles. The molecule has 0 aromatic heterocycles. The minimum absolute atomic E-state index is 0.0561. The summed E-state index contributed by atoms with van der Waals surface area (Å²) in [5, 5.41) is 10.1. The molecule has 1 nitrogen and oxygen atoms in total. The lowest BCUT2D eigenvalue weighted by molar-refractivity contribution is 0.224. The SMILES string of the molecule is OCC(Cc1ccc(Cl)cc1)Cc1ccc(F)cc1F. The molecule has 4 heteroatoms. The molecule has 0 fully saturated rings. The van der Waals surface area contributed by atoms with E-state index in [0.29, 0.717) is 23.4 Å². The van der Waals surface area contributed by atoms with Crippen LogP contribution in [0.2, 0.25) is 5.02 Å². The predicted molar refractivity (Wildman–Crippen MR) is 75.8 cm³/mol. The normalized spacial score (nSPS) is 12.4. The summed E-state index contributed by atoms with van der Waals surface area (Å²) in [6.45, 7) is -0.0561. The number of aliphatic hydroxyl groups is 1. The molecule has 20 heavy (non-hydrogen) atoms. The highest BCUT2D eigenvalue weighted by Gasteiger charge is 2.13. The van der Waals surface area contributed by atoms with Crippen molar-refractivity contribution in [1.29, 1.82) is 0 Å². The summed E-state index contributed by atoms with van der Waals surface area (Å²) in [4.78, 5) is 0. The highest BCUT2D eigenvalue weighted by Crippen LogP contribution is 2.19. The highest BCUT2D eigenvalue weighted by molar-refractivity contribution is 6.30. The van der Waals surface area contributed by atoms with E-state index in [9.17, 15) is 13.9 Å². The summed E-state index contributed by atoms with van der Waals surface area (Å²) in [7, 11) is 0. The van der Waals surface area contributed by atoms with Crippen LogP contribution in [-0.2, 0) is 12.8 Å². The summed E-state index contributed by atoms with van der Waals surface area (Å²) in [5.74, 6) is -1.28. The Hall–Kier alpha value is -1.45. The van der Waals surface area contributed by atoms with Gasteiger partial charge in [-0.3, -0.25) is 0 Å².